The van der Waals surface area contributed by atoms with Crippen LogP contribution in [0.5, 0.6) is 0 Å². The lowest BCUT2D eigenvalue weighted by atomic mass is 10.2. The summed E-state index contributed by atoms with van der Waals surface area (Å²) in [6.07, 6.45) is 1.72. The van der Waals surface area contributed by atoms with Gasteiger partial charge >= 0.3 is 6.09 Å². The van der Waals surface area contributed by atoms with E-state index in [-0.39, 0.29) is 6.09 Å². The van der Waals surface area contributed by atoms with Gasteiger partial charge in [-0.2, -0.15) is 11.8 Å². The zero-order valence-corrected chi connectivity index (χ0v) is 10.9. The number of hydrogen-bond donors (Lipinski definition) is 2. The maximum absolute atomic E-state index is 11.2. The minimum Gasteiger partial charge on any atom is -0.444 e. The molecule has 0 aromatic rings. The Balaban J connectivity index is 3.32. The van der Waals surface area contributed by atoms with Gasteiger partial charge in [-0.15, -0.1) is 0 Å². The second-order valence-electron chi connectivity index (χ2n) is 4.17. The highest BCUT2D eigenvalue weighted by atomic mass is 32.2. The molecule has 15 heavy (non-hydrogen) atoms. The van der Waals surface area contributed by atoms with Crippen molar-refractivity contribution < 1.29 is 9.53 Å². The van der Waals surface area contributed by atoms with Gasteiger partial charge in [0.15, 0.2) is 0 Å². The Bertz CT molecular complexity index is 181. The molecule has 0 heterocycles. The van der Waals surface area contributed by atoms with Crippen LogP contribution in [-0.4, -0.2) is 43.3 Å². The van der Waals surface area contributed by atoms with Crippen molar-refractivity contribution in [2.24, 2.45) is 0 Å². The molecule has 0 atom stereocenters. The largest absolute Gasteiger partial charge is 0.444 e. The zero-order chi connectivity index (χ0) is 11.7. The van der Waals surface area contributed by atoms with Crippen molar-refractivity contribution >= 4 is 17.9 Å². The molecule has 0 aromatic carbocycles. The van der Waals surface area contributed by atoms with Gasteiger partial charge in [-0.1, -0.05) is 0 Å². The highest BCUT2D eigenvalue weighted by Crippen LogP contribution is 2.05. The second-order valence-corrected chi connectivity index (χ2v) is 5.16. The first-order valence-corrected chi connectivity index (χ1v) is 6.51. The third kappa shape index (κ3) is 11.5. The summed E-state index contributed by atoms with van der Waals surface area (Å²) in [7, 11) is 0. The van der Waals surface area contributed by atoms with E-state index in [0.717, 1.165) is 18.8 Å². The smallest absolute Gasteiger partial charge is 0.407 e. The Kier molecular flexibility index (Phi) is 7.60. The summed E-state index contributed by atoms with van der Waals surface area (Å²) >= 11 is 1.80. The Morgan fingerprint density at radius 1 is 1.27 bits per heavy atom. The van der Waals surface area contributed by atoms with Gasteiger partial charge in [-0.05, 0) is 27.0 Å². The van der Waals surface area contributed by atoms with E-state index < -0.39 is 5.60 Å². The normalized spacial score (nSPS) is 11.2. The van der Waals surface area contributed by atoms with E-state index in [1.54, 1.807) is 11.8 Å². The standard InChI is InChI=1S/C10H22N2O2S/c1-10(2,3)14-9(13)12-6-5-11-7-8-15-4/h11H,5-8H2,1-4H3,(H,12,13). The van der Waals surface area contributed by atoms with E-state index in [0.29, 0.717) is 6.54 Å². The van der Waals surface area contributed by atoms with Gasteiger partial charge in [0.2, 0.25) is 0 Å². The van der Waals surface area contributed by atoms with Gasteiger partial charge in [0.1, 0.15) is 5.60 Å². The molecule has 0 saturated heterocycles. The second kappa shape index (κ2) is 7.82. The lowest BCUT2D eigenvalue weighted by Gasteiger charge is -2.19. The van der Waals surface area contributed by atoms with Crippen molar-refractivity contribution in [2.45, 2.75) is 26.4 Å². The summed E-state index contributed by atoms with van der Waals surface area (Å²) in [6, 6.07) is 0. The number of rotatable bonds is 6. The van der Waals surface area contributed by atoms with Crippen LogP contribution in [0.1, 0.15) is 20.8 Å². The molecule has 0 unspecified atom stereocenters. The number of thioether (sulfide) groups is 1. The summed E-state index contributed by atoms with van der Waals surface area (Å²) in [5.41, 5.74) is -0.420. The molecule has 5 heteroatoms. The molecular weight excluding hydrogens is 212 g/mol. The minimum absolute atomic E-state index is 0.353. The van der Waals surface area contributed by atoms with E-state index in [2.05, 4.69) is 16.9 Å². The van der Waals surface area contributed by atoms with E-state index >= 15 is 0 Å². The van der Waals surface area contributed by atoms with Crippen LogP contribution < -0.4 is 10.6 Å². The third-order valence-corrected chi connectivity index (χ3v) is 2.07. The van der Waals surface area contributed by atoms with Crippen LogP contribution >= 0.6 is 11.8 Å². The number of alkyl carbamates (subject to hydrolysis) is 1. The Labute approximate surface area is 96.5 Å². The van der Waals surface area contributed by atoms with Crippen molar-refractivity contribution in [2.75, 3.05) is 31.6 Å². The fourth-order valence-electron chi connectivity index (χ4n) is 0.866. The summed E-state index contributed by atoms with van der Waals surface area (Å²) in [4.78, 5) is 11.2. The van der Waals surface area contributed by atoms with Crippen LogP contribution in [0.4, 0.5) is 4.79 Å². The highest BCUT2D eigenvalue weighted by molar-refractivity contribution is 7.98. The summed E-state index contributed by atoms with van der Waals surface area (Å²) in [6.45, 7) is 7.90. The van der Waals surface area contributed by atoms with Crippen molar-refractivity contribution in [1.82, 2.24) is 10.6 Å². The Morgan fingerprint density at radius 3 is 2.47 bits per heavy atom. The van der Waals surface area contributed by atoms with Crippen molar-refractivity contribution in [3.05, 3.63) is 0 Å². The van der Waals surface area contributed by atoms with Gasteiger partial charge in [-0.25, -0.2) is 4.79 Å². The molecular formula is C10H22N2O2S. The highest BCUT2D eigenvalue weighted by Gasteiger charge is 2.15. The van der Waals surface area contributed by atoms with Crippen LogP contribution in [0.25, 0.3) is 0 Å². The van der Waals surface area contributed by atoms with Crippen LogP contribution in [0, 0.1) is 0 Å². The maximum atomic E-state index is 11.2. The minimum atomic E-state index is -0.420. The van der Waals surface area contributed by atoms with Crippen LogP contribution in [0.3, 0.4) is 0 Å². The predicted molar refractivity (Wildman–Crippen MR) is 65.5 cm³/mol. The van der Waals surface area contributed by atoms with Gasteiger partial charge in [0.05, 0.1) is 0 Å². The fraction of sp³-hybridized carbons (Fsp3) is 0.900. The SMILES string of the molecule is CSCCNCCNC(=O)OC(C)(C)C. The topological polar surface area (TPSA) is 50.4 Å². The molecule has 0 aliphatic carbocycles. The summed E-state index contributed by atoms with van der Waals surface area (Å²) in [5, 5.41) is 5.90. The molecule has 1 amide bonds. The zero-order valence-electron chi connectivity index (χ0n) is 10.1. The average molecular weight is 234 g/mol. The van der Waals surface area contributed by atoms with Crippen LogP contribution in [0.15, 0.2) is 0 Å². The molecule has 0 aromatic heterocycles. The molecule has 0 spiro atoms. The molecule has 4 nitrogen and oxygen atoms in total. The average Bonchev–Trinajstić information content (AvgIpc) is 2.08. The van der Waals surface area contributed by atoms with E-state index in [1.165, 1.54) is 0 Å². The molecule has 2 N–H and O–H groups in total. The third-order valence-electron chi connectivity index (χ3n) is 1.45. The maximum Gasteiger partial charge on any atom is 0.407 e. The molecule has 0 fully saturated rings. The molecule has 0 rings (SSSR count). The van der Waals surface area contributed by atoms with E-state index in [9.17, 15) is 4.79 Å². The molecule has 0 saturated carbocycles. The Hall–Kier alpha value is -0.420. The van der Waals surface area contributed by atoms with E-state index in [4.69, 9.17) is 4.74 Å². The number of carbonyl (C=O) groups excluding carboxylic acids is 1. The van der Waals surface area contributed by atoms with Crippen LogP contribution in [-0.2, 0) is 4.74 Å². The molecule has 0 aliphatic heterocycles. The first-order valence-electron chi connectivity index (χ1n) is 5.12. The number of carbonyl (C=O) groups is 1. The van der Waals surface area contributed by atoms with Gasteiger partial charge in [0, 0.05) is 25.4 Å². The van der Waals surface area contributed by atoms with Crippen LogP contribution in [0.2, 0.25) is 0 Å². The number of hydrogen-bond acceptors (Lipinski definition) is 4. The number of amides is 1. The summed E-state index contributed by atoms with van der Waals surface area (Å²) in [5.74, 6) is 1.09. The molecule has 0 bridgehead atoms. The molecule has 0 radical (unpaired) electrons. The van der Waals surface area contributed by atoms with Gasteiger partial charge < -0.3 is 15.4 Å². The van der Waals surface area contributed by atoms with E-state index in [1.807, 2.05) is 20.8 Å². The van der Waals surface area contributed by atoms with Gasteiger partial charge in [0.25, 0.3) is 0 Å². The van der Waals surface area contributed by atoms with Crippen molar-refractivity contribution in [3.63, 3.8) is 0 Å². The number of nitrogens with one attached hydrogen (secondary N) is 2. The van der Waals surface area contributed by atoms with Crippen molar-refractivity contribution in [3.8, 4) is 0 Å². The quantitative estimate of drug-likeness (QED) is 0.683. The predicted octanol–water partition coefficient (Wildman–Crippen LogP) is 1.46. The lowest BCUT2D eigenvalue weighted by molar-refractivity contribution is 0.0528. The first-order chi connectivity index (χ1) is 6.95. The van der Waals surface area contributed by atoms with Crippen molar-refractivity contribution in [1.29, 1.82) is 0 Å². The first kappa shape index (κ1) is 14.6. The monoisotopic (exact) mass is 234 g/mol. The molecule has 0 aliphatic rings. The van der Waals surface area contributed by atoms with Gasteiger partial charge in [-0.3, -0.25) is 0 Å². The lowest BCUT2D eigenvalue weighted by Crippen LogP contribution is -2.36. The Morgan fingerprint density at radius 2 is 1.93 bits per heavy atom. The number of ether oxygens (including phenoxy) is 1. The summed E-state index contributed by atoms with van der Waals surface area (Å²) < 4.78 is 5.08. The fourth-order valence-corrected chi connectivity index (χ4v) is 1.21. The molecule has 90 valence electrons.